The van der Waals surface area contributed by atoms with E-state index in [9.17, 15) is 4.79 Å². The van der Waals surface area contributed by atoms with E-state index >= 15 is 0 Å². The minimum Gasteiger partial charge on any atom is -0.443 e. The Balaban J connectivity index is 2.14. The van der Waals surface area contributed by atoms with Crippen LogP contribution in [0, 0.1) is 0 Å². The van der Waals surface area contributed by atoms with Gasteiger partial charge in [-0.05, 0) is 64.3 Å². The minimum absolute atomic E-state index is 0.258. The number of anilines is 1. The van der Waals surface area contributed by atoms with Crippen molar-refractivity contribution < 1.29 is 9.53 Å². The molecule has 2 N–H and O–H groups in total. The predicted molar refractivity (Wildman–Crippen MR) is 80.9 cm³/mol. The standard InChI is InChI=1S/C16H24N2O2/c1-16(2,3)20-15(19)18(14-8-9-14)13-6-4-12(5-7-13)10-11-17/h4-7,14H,8-11,17H2,1-3H3. The van der Waals surface area contributed by atoms with Crippen LogP contribution in [0.2, 0.25) is 0 Å². The molecule has 1 aliphatic rings. The Morgan fingerprint density at radius 3 is 2.35 bits per heavy atom. The maximum atomic E-state index is 12.3. The largest absolute Gasteiger partial charge is 0.443 e. The molecule has 110 valence electrons. The van der Waals surface area contributed by atoms with E-state index in [1.807, 2.05) is 45.0 Å². The third kappa shape index (κ3) is 3.97. The molecule has 4 nitrogen and oxygen atoms in total. The van der Waals surface area contributed by atoms with E-state index in [0.29, 0.717) is 6.54 Å². The average molecular weight is 276 g/mol. The van der Waals surface area contributed by atoms with Crippen molar-refractivity contribution in [2.24, 2.45) is 5.73 Å². The molecule has 0 aliphatic heterocycles. The van der Waals surface area contributed by atoms with Crippen LogP contribution in [0.15, 0.2) is 24.3 Å². The zero-order chi connectivity index (χ0) is 14.8. The molecule has 0 radical (unpaired) electrons. The number of hydrogen-bond donors (Lipinski definition) is 1. The predicted octanol–water partition coefficient (Wildman–Crippen LogP) is 3.09. The molecule has 0 bridgehead atoms. The van der Waals surface area contributed by atoms with Gasteiger partial charge in [-0.3, -0.25) is 4.90 Å². The van der Waals surface area contributed by atoms with Crippen molar-refractivity contribution in [1.82, 2.24) is 0 Å². The lowest BCUT2D eigenvalue weighted by molar-refractivity contribution is 0.0578. The number of amides is 1. The summed E-state index contributed by atoms with van der Waals surface area (Å²) in [6.07, 6.45) is 2.69. The first-order chi connectivity index (χ1) is 9.40. The molecule has 0 heterocycles. The number of carbonyl (C=O) groups is 1. The van der Waals surface area contributed by atoms with Gasteiger partial charge in [-0.1, -0.05) is 12.1 Å². The van der Waals surface area contributed by atoms with Crippen molar-refractivity contribution in [1.29, 1.82) is 0 Å². The summed E-state index contributed by atoms with van der Waals surface area (Å²) in [5, 5.41) is 0. The van der Waals surface area contributed by atoms with Gasteiger partial charge >= 0.3 is 6.09 Å². The van der Waals surface area contributed by atoms with Crippen LogP contribution in [0.5, 0.6) is 0 Å². The second-order valence-corrected chi connectivity index (χ2v) is 6.29. The van der Waals surface area contributed by atoms with Gasteiger partial charge in [0.15, 0.2) is 0 Å². The Morgan fingerprint density at radius 2 is 1.90 bits per heavy atom. The number of ether oxygens (including phenoxy) is 1. The lowest BCUT2D eigenvalue weighted by Crippen LogP contribution is -2.38. The molecule has 20 heavy (non-hydrogen) atoms. The molecule has 1 amide bonds. The quantitative estimate of drug-likeness (QED) is 0.919. The topological polar surface area (TPSA) is 55.6 Å². The molecule has 0 unspecified atom stereocenters. The third-order valence-corrected chi connectivity index (χ3v) is 3.15. The van der Waals surface area contributed by atoms with Crippen molar-refractivity contribution in [2.45, 2.75) is 51.7 Å². The molecule has 0 saturated heterocycles. The van der Waals surface area contributed by atoms with Gasteiger partial charge in [0.2, 0.25) is 0 Å². The summed E-state index contributed by atoms with van der Waals surface area (Å²) in [6.45, 7) is 6.30. The number of nitrogens with zero attached hydrogens (tertiary/aromatic N) is 1. The fourth-order valence-electron chi connectivity index (χ4n) is 2.10. The molecule has 2 rings (SSSR count). The van der Waals surface area contributed by atoms with Gasteiger partial charge in [0.05, 0.1) is 0 Å². The fraction of sp³-hybridized carbons (Fsp3) is 0.562. The van der Waals surface area contributed by atoms with Crippen LogP contribution in [0.25, 0.3) is 0 Å². The van der Waals surface area contributed by atoms with Crippen LogP contribution in [0.1, 0.15) is 39.2 Å². The molecule has 1 saturated carbocycles. The summed E-state index contributed by atoms with van der Waals surface area (Å²) in [5.41, 5.74) is 7.18. The van der Waals surface area contributed by atoms with Gasteiger partial charge in [-0.25, -0.2) is 4.79 Å². The lowest BCUT2D eigenvalue weighted by atomic mass is 10.1. The fourth-order valence-corrected chi connectivity index (χ4v) is 2.10. The van der Waals surface area contributed by atoms with Crippen molar-refractivity contribution in [3.8, 4) is 0 Å². The summed E-state index contributed by atoms with van der Waals surface area (Å²) in [6, 6.07) is 8.30. The lowest BCUT2D eigenvalue weighted by Gasteiger charge is -2.27. The number of nitrogens with two attached hydrogens (primary N) is 1. The minimum atomic E-state index is -0.469. The van der Waals surface area contributed by atoms with Crippen LogP contribution >= 0.6 is 0 Å². The normalized spacial score (nSPS) is 15.0. The highest BCUT2D eigenvalue weighted by molar-refractivity contribution is 5.89. The van der Waals surface area contributed by atoms with E-state index in [2.05, 4.69) is 0 Å². The SMILES string of the molecule is CC(C)(C)OC(=O)N(c1ccc(CCN)cc1)C1CC1. The van der Waals surface area contributed by atoms with Gasteiger partial charge in [0.1, 0.15) is 5.60 Å². The summed E-state index contributed by atoms with van der Waals surface area (Å²) in [4.78, 5) is 14.1. The maximum Gasteiger partial charge on any atom is 0.415 e. The molecular formula is C16H24N2O2. The Morgan fingerprint density at radius 1 is 1.30 bits per heavy atom. The number of benzene rings is 1. The first-order valence-electron chi connectivity index (χ1n) is 7.22. The van der Waals surface area contributed by atoms with Gasteiger partial charge in [0.25, 0.3) is 0 Å². The molecule has 0 aromatic heterocycles. The number of hydrogen-bond acceptors (Lipinski definition) is 3. The van der Waals surface area contributed by atoms with Gasteiger partial charge in [-0.15, -0.1) is 0 Å². The van der Waals surface area contributed by atoms with Gasteiger partial charge in [-0.2, -0.15) is 0 Å². The number of carbonyl (C=O) groups excluding carboxylic acids is 1. The average Bonchev–Trinajstić information content (AvgIpc) is 3.14. The van der Waals surface area contributed by atoms with Crippen molar-refractivity contribution in [3.05, 3.63) is 29.8 Å². The zero-order valence-electron chi connectivity index (χ0n) is 12.6. The monoisotopic (exact) mass is 276 g/mol. The molecular weight excluding hydrogens is 252 g/mol. The van der Waals surface area contributed by atoms with E-state index in [1.54, 1.807) is 4.90 Å². The van der Waals surface area contributed by atoms with Crippen molar-refractivity contribution in [3.63, 3.8) is 0 Å². The molecule has 4 heteroatoms. The maximum absolute atomic E-state index is 12.3. The van der Waals surface area contributed by atoms with Crippen molar-refractivity contribution in [2.75, 3.05) is 11.4 Å². The number of rotatable bonds is 4. The molecule has 1 aliphatic carbocycles. The van der Waals surface area contributed by atoms with Crippen LogP contribution in [-0.2, 0) is 11.2 Å². The molecule has 0 atom stereocenters. The molecule has 1 fully saturated rings. The van der Waals surface area contributed by atoms with Crippen LogP contribution in [-0.4, -0.2) is 24.3 Å². The van der Waals surface area contributed by atoms with Gasteiger partial charge in [0, 0.05) is 11.7 Å². The van der Waals surface area contributed by atoms with Crippen LogP contribution in [0.4, 0.5) is 10.5 Å². The summed E-state index contributed by atoms with van der Waals surface area (Å²) in [5.74, 6) is 0. The summed E-state index contributed by atoms with van der Waals surface area (Å²) >= 11 is 0. The second-order valence-electron chi connectivity index (χ2n) is 6.29. The van der Waals surface area contributed by atoms with Crippen LogP contribution < -0.4 is 10.6 Å². The van der Waals surface area contributed by atoms with E-state index in [-0.39, 0.29) is 12.1 Å². The van der Waals surface area contributed by atoms with E-state index in [0.717, 1.165) is 24.9 Å². The zero-order valence-corrected chi connectivity index (χ0v) is 12.6. The Labute approximate surface area is 120 Å². The molecule has 0 spiro atoms. The van der Waals surface area contributed by atoms with E-state index in [4.69, 9.17) is 10.5 Å². The highest BCUT2D eigenvalue weighted by atomic mass is 16.6. The second kappa shape index (κ2) is 5.83. The van der Waals surface area contributed by atoms with Gasteiger partial charge < -0.3 is 10.5 Å². The summed E-state index contributed by atoms with van der Waals surface area (Å²) < 4.78 is 5.50. The molecule has 1 aromatic rings. The highest BCUT2D eigenvalue weighted by Gasteiger charge is 2.36. The Kier molecular flexibility index (Phi) is 4.33. The smallest absolute Gasteiger partial charge is 0.415 e. The van der Waals surface area contributed by atoms with Crippen molar-refractivity contribution >= 4 is 11.8 Å². The summed E-state index contributed by atoms with van der Waals surface area (Å²) in [7, 11) is 0. The Bertz CT molecular complexity index is 458. The van der Waals surface area contributed by atoms with E-state index in [1.165, 1.54) is 5.56 Å². The first kappa shape index (κ1) is 14.9. The van der Waals surface area contributed by atoms with E-state index < -0.39 is 5.60 Å². The highest BCUT2D eigenvalue weighted by Crippen LogP contribution is 2.33. The first-order valence-corrected chi connectivity index (χ1v) is 7.22. The third-order valence-electron chi connectivity index (χ3n) is 3.15. The molecule has 1 aromatic carbocycles. The van der Waals surface area contributed by atoms with Crippen LogP contribution in [0.3, 0.4) is 0 Å². The Hall–Kier alpha value is -1.55.